The standard InChI is InChI=1S/C10H19NO2/c1-8(2)11-10(5-4-6-10)7-9(12)13-3/h8,11H,4-7H2,1-3H3. The second-order valence-corrected chi connectivity index (χ2v) is 4.19. The predicted octanol–water partition coefficient (Wildman–Crippen LogP) is 1.47. The molecule has 3 heteroatoms. The van der Waals surface area contributed by atoms with Gasteiger partial charge in [-0.3, -0.25) is 4.79 Å². The summed E-state index contributed by atoms with van der Waals surface area (Å²) in [5.41, 5.74) is 0.0429. The van der Waals surface area contributed by atoms with Gasteiger partial charge in [0.05, 0.1) is 13.5 Å². The topological polar surface area (TPSA) is 38.3 Å². The van der Waals surface area contributed by atoms with Crippen LogP contribution in [0, 0.1) is 0 Å². The summed E-state index contributed by atoms with van der Waals surface area (Å²) in [6, 6.07) is 0.435. The van der Waals surface area contributed by atoms with Gasteiger partial charge < -0.3 is 10.1 Å². The highest BCUT2D eigenvalue weighted by atomic mass is 16.5. The lowest BCUT2D eigenvalue weighted by Gasteiger charge is -2.43. The number of nitrogens with one attached hydrogen (secondary N) is 1. The van der Waals surface area contributed by atoms with E-state index in [1.165, 1.54) is 13.5 Å². The monoisotopic (exact) mass is 185 g/mol. The van der Waals surface area contributed by atoms with Crippen molar-refractivity contribution in [3.8, 4) is 0 Å². The number of carbonyl (C=O) groups is 1. The van der Waals surface area contributed by atoms with Crippen molar-refractivity contribution in [1.82, 2.24) is 5.32 Å². The molecule has 0 heterocycles. The normalized spacial score (nSPS) is 19.7. The third kappa shape index (κ3) is 2.69. The van der Waals surface area contributed by atoms with E-state index in [0.717, 1.165) is 12.8 Å². The second-order valence-electron chi connectivity index (χ2n) is 4.19. The third-order valence-electron chi connectivity index (χ3n) is 2.62. The minimum Gasteiger partial charge on any atom is -0.469 e. The van der Waals surface area contributed by atoms with E-state index in [9.17, 15) is 4.79 Å². The van der Waals surface area contributed by atoms with Gasteiger partial charge in [0, 0.05) is 11.6 Å². The molecule has 1 fully saturated rings. The average Bonchev–Trinajstić information content (AvgIpc) is 1.99. The summed E-state index contributed by atoms with van der Waals surface area (Å²) in [5, 5.41) is 3.46. The van der Waals surface area contributed by atoms with Crippen LogP contribution >= 0.6 is 0 Å². The highest BCUT2D eigenvalue weighted by Gasteiger charge is 2.39. The molecule has 0 amide bonds. The molecule has 1 N–H and O–H groups in total. The molecule has 13 heavy (non-hydrogen) atoms. The lowest BCUT2D eigenvalue weighted by atomic mass is 9.74. The van der Waals surface area contributed by atoms with E-state index in [4.69, 9.17) is 0 Å². The number of rotatable bonds is 4. The summed E-state index contributed by atoms with van der Waals surface area (Å²) >= 11 is 0. The van der Waals surface area contributed by atoms with E-state index in [1.807, 2.05) is 0 Å². The van der Waals surface area contributed by atoms with E-state index in [-0.39, 0.29) is 11.5 Å². The molecule has 0 spiro atoms. The van der Waals surface area contributed by atoms with Gasteiger partial charge >= 0.3 is 5.97 Å². The number of ether oxygens (including phenoxy) is 1. The van der Waals surface area contributed by atoms with Gasteiger partial charge in [-0.2, -0.15) is 0 Å². The van der Waals surface area contributed by atoms with Crippen molar-refractivity contribution in [2.45, 2.75) is 51.1 Å². The average molecular weight is 185 g/mol. The molecule has 0 saturated heterocycles. The Balaban J connectivity index is 2.44. The van der Waals surface area contributed by atoms with Gasteiger partial charge in [-0.15, -0.1) is 0 Å². The zero-order valence-corrected chi connectivity index (χ0v) is 8.72. The molecule has 1 aliphatic rings. The SMILES string of the molecule is COC(=O)CC1(NC(C)C)CCC1. The van der Waals surface area contributed by atoms with E-state index >= 15 is 0 Å². The van der Waals surface area contributed by atoms with Crippen molar-refractivity contribution >= 4 is 5.97 Å². The van der Waals surface area contributed by atoms with Crippen LogP contribution in [0.4, 0.5) is 0 Å². The second kappa shape index (κ2) is 4.09. The van der Waals surface area contributed by atoms with E-state index in [0.29, 0.717) is 12.5 Å². The van der Waals surface area contributed by atoms with Crippen molar-refractivity contribution < 1.29 is 9.53 Å². The van der Waals surface area contributed by atoms with Gasteiger partial charge in [0.15, 0.2) is 0 Å². The van der Waals surface area contributed by atoms with Crippen LogP contribution in [0.15, 0.2) is 0 Å². The Hall–Kier alpha value is -0.570. The van der Waals surface area contributed by atoms with Crippen molar-refractivity contribution in [1.29, 1.82) is 0 Å². The lowest BCUT2D eigenvalue weighted by Crippen LogP contribution is -2.54. The number of hydrogen-bond donors (Lipinski definition) is 1. The minimum absolute atomic E-state index is 0.0429. The van der Waals surface area contributed by atoms with Crippen molar-refractivity contribution in [2.24, 2.45) is 0 Å². The van der Waals surface area contributed by atoms with Gasteiger partial charge in [-0.1, -0.05) is 13.8 Å². The van der Waals surface area contributed by atoms with Gasteiger partial charge in [-0.25, -0.2) is 0 Å². The predicted molar refractivity (Wildman–Crippen MR) is 51.5 cm³/mol. The fourth-order valence-corrected chi connectivity index (χ4v) is 1.94. The number of methoxy groups -OCH3 is 1. The maximum absolute atomic E-state index is 11.1. The Morgan fingerprint density at radius 2 is 2.15 bits per heavy atom. The molecule has 1 aliphatic carbocycles. The number of esters is 1. The minimum atomic E-state index is -0.104. The lowest BCUT2D eigenvalue weighted by molar-refractivity contribution is -0.143. The molecule has 1 saturated carbocycles. The smallest absolute Gasteiger partial charge is 0.307 e. The highest BCUT2D eigenvalue weighted by molar-refractivity contribution is 5.71. The molecule has 0 aromatic heterocycles. The molecular weight excluding hydrogens is 166 g/mol. The van der Waals surface area contributed by atoms with Crippen LogP contribution in [0.5, 0.6) is 0 Å². The van der Waals surface area contributed by atoms with E-state index in [2.05, 4.69) is 23.9 Å². The summed E-state index contributed by atoms with van der Waals surface area (Å²) in [5.74, 6) is -0.104. The largest absolute Gasteiger partial charge is 0.469 e. The zero-order chi connectivity index (χ0) is 9.90. The van der Waals surface area contributed by atoms with Gasteiger partial charge in [0.1, 0.15) is 0 Å². The van der Waals surface area contributed by atoms with Gasteiger partial charge in [-0.05, 0) is 19.3 Å². The van der Waals surface area contributed by atoms with Crippen LogP contribution in [-0.4, -0.2) is 24.7 Å². The molecule has 0 bridgehead atoms. The van der Waals surface area contributed by atoms with E-state index < -0.39 is 0 Å². The van der Waals surface area contributed by atoms with Crippen LogP contribution in [0.2, 0.25) is 0 Å². The molecule has 0 radical (unpaired) electrons. The quantitative estimate of drug-likeness (QED) is 0.674. The fraction of sp³-hybridized carbons (Fsp3) is 0.900. The molecule has 1 rings (SSSR count). The van der Waals surface area contributed by atoms with Crippen LogP contribution in [0.1, 0.15) is 39.5 Å². The van der Waals surface area contributed by atoms with Gasteiger partial charge in [0.2, 0.25) is 0 Å². The summed E-state index contributed by atoms with van der Waals surface area (Å²) in [6.45, 7) is 4.22. The molecule has 0 atom stereocenters. The molecule has 0 aromatic carbocycles. The first-order valence-electron chi connectivity index (χ1n) is 4.92. The Kier molecular flexibility index (Phi) is 3.31. The van der Waals surface area contributed by atoms with E-state index in [1.54, 1.807) is 0 Å². The zero-order valence-electron chi connectivity index (χ0n) is 8.72. The molecule has 3 nitrogen and oxygen atoms in total. The molecule has 0 aromatic rings. The summed E-state index contributed by atoms with van der Waals surface area (Å²) in [4.78, 5) is 11.1. The van der Waals surface area contributed by atoms with Crippen molar-refractivity contribution in [2.75, 3.05) is 7.11 Å². The van der Waals surface area contributed by atoms with Gasteiger partial charge in [0.25, 0.3) is 0 Å². The van der Waals surface area contributed by atoms with Crippen molar-refractivity contribution in [3.05, 3.63) is 0 Å². The maximum atomic E-state index is 11.1. The Labute approximate surface area is 79.8 Å². The highest BCUT2D eigenvalue weighted by Crippen LogP contribution is 2.35. The fourth-order valence-electron chi connectivity index (χ4n) is 1.94. The Morgan fingerprint density at radius 3 is 2.46 bits per heavy atom. The van der Waals surface area contributed by atoms with Crippen LogP contribution in [0.25, 0.3) is 0 Å². The summed E-state index contributed by atoms with van der Waals surface area (Å²) in [6.07, 6.45) is 3.93. The van der Waals surface area contributed by atoms with Crippen LogP contribution in [0.3, 0.4) is 0 Å². The first-order chi connectivity index (χ1) is 6.08. The first kappa shape index (κ1) is 10.5. The van der Waals surface area contributed by atoms with Crippen LogP contribution in [-0.2, 0) is 9.53 Å². The third-order valence-corrected chi connectivity index (χ3v) is 2.62. The maximum Gasteiger partial charge on any atom is 0.307 e. The van der Waals surface area contributed by atoms with Crippen molar-refractivity contribution in [3.63, 3.8) is 0 Å². The molecule has 0 aliphatic heterocycles. The first-order valence-corrected chi connectivity index (χ1v) is 4.92. The summed E-state index contributed by atoms with van der Waals surface area (Å²) in [7, 11) is 1.45. The number of hydrogen-bond acceptors (Lipinski definition) is 3. The summed E-state index contributed by atoms with van der Waals surface area (Å²) < 4.78 is 4.68. The molecule has 0 unspecified atom stereocenters. The van der Waals surface area contributed by atoms with Crippen LogP contribution < -0.4 is 5.32 Å². The Morgan fingerprint density at radius 1 is 1.54 bits per heavy atom. The number of carbonyl (C=O) groups excluding carboxylic acids is 1. The Bertz CT molecular complexity index is 185. The molecular formula is C10H19NO2. The molecule has 76 valence electrons.